The Morgan fingerprint density at radius 2 is 2.00 bits per heavy atom. The van der Waals surface area contributed by atoms with Gasteiger partial charge in [-0.25, -0.2) is 0 Å². The topological polar surface area (TPSA) is 21.3 Å². The van der Waals surface area contributed by atoms with Gasteiger partial charge < -0.3 is 10.1 Å². The highest BCUT2D eigenvalue weighted by molar-refractivity contribution is 7.99. The van der Waals surface area contributed by atoms with Crippen LogP contribution < -0.4 is 5.32 Å². The van der Waals surface area contributed by atoms with Crippen molar-refractivity contribution in [1.29, 1.82) is 0 Å². The molecule has 1 aromatic carbocycles. The molecule has 1 aromatic rings. The van der Waals surface area contributed by atoms with Crippen molar-refractivity contribution >= 4 is 11.8 Å². The molecule has 0 bridgehead atoms. The summed E-state index contributed by atoms with van der Waals surface area (Å²) >= 11 is 1.95. The number of benzene rings is 1. The molecule has 1 atom stereocenters. The molecule has 1 fully saturated rings. The van der Waals surface area contributed by atoms with Gasteiger partial charge in [-0.2, -0.15) is 0 Å². The van der Waals surface area contributed by atoms with Crippen molar-refractivity contribution in [2.45, 2.75) is 43.2 Å². The Bertz CT molecular complexity index is 325. The number of hydrogen-bond donors (Lipinski definition) is 1. The van der Waals surface area contributed by atoms with Gasteiger partial charge in [-0.05, 0) is 31.4 Å². The minimum absolute atomic E-state index is 0.610. The number of thioether (sulfide) groups is 1. The Morgan fingerprint density at radius 1 is 1.28 bits per heavy atom. The van der Waals surface area contributed by atoms with Crippen molar-refractivity contribution in [1.82, 2.24) is 5.32 Å². The summed E-state index contributed by atoms with van der Waals surface area (Å²) in [6, 6.07) is 11.9. The van der Waals surface area contributed by atoms with E-state index < -0.39 is 0 Å². The standard InChI is InChI=1S/C15H23NOS/c1-2-13(16-14-8-10-17-11-9-14)12-18-15-6-4-3-5-7-15/h3-7,13-14,16H,2,8-12H2,1H3. The Labute approximate surface area is 114 Å². The van der Waals surface area contributed by atoms with Crippen molar-refractivity contribution in [2.75, 3.05) is 19.0 Å². The van der Waals surface area contributed by atoms with Crippen LogP contribution in [0.4, 0.5) is 0 Å². The first-order valence-electron chi connectivity index (χ1n) is 6.90. The highest BCUT2D eigenvalue weighted by Gasteiger charge is 2.17. The summed E-state index contributed by atoms with van der Waals surface area (Å²) in [5.74, 6) is 1.15. The summed E-state index contributed by atoms with van der Waals surface area (Å²) in [6.45, 7) is 4.10. The van der Waals surface area contributed by atoms with E-state index in [-0.39, 0.29) is 0 Å². The van der Waals surface area contributed by atoms with Gasteiger partial charge in [0.15, 0.2) is 0 Å². The molecule has 1 aliphatic heterocycles. The molecule has 2 nitrogen and oxygen atoms in total. The molecule has 1 unspecified atom stereocenters. The van der Waals surface area contributed by atoms with E-state index in [1.165, 1.54) is 11.3 Å². The molecule has 0 spiro atoms. The van der Waals surface area contributed by atoms with Gasteiger partial charge in [-0.15, -0.1) is 11.8 Å². The maximum atomic E-state index is 5.40. The van der Waals surface area contributed by atoms with Crippen molar-refractivity contribution < 1.29 is 4.74 Å². The van der Waals surface area contributed by atoms with E-state index in [1.807, 2.05) is 11.8 Å². The van der Waals surface area contributed by atoms with Gasteiger partial charge in [0.2, 0.25) is 0 Å². The fourth-order valence-corrected chi connectivity index (χ4v) is 3.27. The molecule has 100 valence electrons. The molecule has 1 saturated heterocycles. The fourth-order valence-electron chi connectivity index (χ4n) is 2.19. The maximum absolute atomic E-state index is 5.40. The lowest BCUT2D eigenvalue weighted by Crippen LogP contribution is -2.42. The zero-order chi connectivity index (χ0) is 12.6. The van der Waals surface area contributed by atoms with Crippen LogP contribution in [0.25, 0.3) is 0 Å². The van der Waals surface area contributed by atoms with E-state index in [2.05, 4.69) is 42.6 Å². The van der Waals surface area contributed by atoms with Gasteiger partial charge in [0.05, 0.1) is 0 Å². The van der Waals surface area contributed by atoms with Crippen molar-refractivity contribution in [2.24, 2.45) is 0 Å². The minimum Gasteiger partial charge on any atom is -0.381 e. The highest BCUT2D eigenvalue weighted by atomic mass is 32.2. The molecule has 0 saturated carbocycles. The maximum Gasteiger partial charge on any atom is 0.0480 e. The second-order valence-corrected chi connectivity index (χ2v) is 5.88. The van der Waals surface area contributed by atoms with Gasteiger partial charge in [0.25, 0.3) is 0 Å². The van der Waals surface area contributed by atoms with Crippen LogP contribution in [0.3, 0.4) is 0 Å². The van der Waals surface area contributed by atoms with Crippen LogP contribution in [0.15, 0.2) is 35.2 Å². The second kappa shape index (κ2) is 7.82. The van der Waals surface area contributed by atoms with E-state index in [1.54, 1.807) is 0 Å². The quantitative estimate of drug-likeness (QED) is 0.797. The molecule has 0 radical (unpaired) electrons. The molecule has 0 amide bonds. The van der Waals surface area contributed by atoms with Gasteiger partial charge in [-0.3, -0.25) is 0 Å². The van der Waals surface area contributed by atoms with Crippen LogP contribution in [0.1, 0.15) is 26.2 Å². The smallest absolute Gasteiger partial charge is 0.0480 e. The molecule has 18 heavy (non-hydrogen) atoms. The van der Waals surface area contributed by atoms with Crippen molar-refractivity contribution in [3.05, 3.63) is 30.3 Å². The van der Waals surface area contributed by atoms with E-state index in [0.29, 0.717) is 12.1 Å². The van der Waals surface area contributed by atoms with Crippen molar-refractivity contribution in [3.63, 3.8) is 0 Å². The molecule has 0 aromatic heterocycles. The number of ether oxygens (including phenoxy) is 1. The lowest BCUT2D eigenvalue weighted by molar-refractivity contribution is 0.0755. The Hall–Kier alpha value is -0.510. The first-order chi connectivity index (χ1) is 8.88. The van der Waals surface area contributed by atoms with Gasteiger partial charge >= 0.3 is 0 Å². The lowest BCUT2D eigenvalue weighted by atomic mass is 10.1. The van der Waals surface area contributed by atoms with Gasteiger partial charge in [0, 0.05) is 35.9 Å². The van der Waals surface area contributed by atoms with Crippen LogP contribution >= 0.6 is 11.8 Å². The van der Waals surface area contributed by atoms with E-state index in [9.17, 15) is 0 Å². The number of hydrogen-bond acceptors (Lipinski definition) is 3. The predicted octanol–water partition coefficient (Wildman–Crippen LogP) is 3.33. The average Bonchev–Trinajstić information content (AvgIpc) is 2.45. The summed E-state index contributed by atoms with van der Waals surface area (Å²) in [6.07, 6.45) is 3.51. The van der Waals surface area contributed by atoms with Gasteiger partial charge in [-0.1, -0.05) is 25.1 Å². The molecule has 2 rings (SSSR count). The minimum atomic E-state index is 0.610. The monoisotopic (exact) mass is 265 g/mol. The lowest BCUT2D eigenvalue weighted by Gasteiger charge is -2.28. The van der Waals surface area contributed by atoms with Crippen LogP contribution in [0, 0.1) is 0 Å². The van der Waals surface area contributed by atoms with E-state index >= 15 is 0 Å². The summed E-state index contributed by atoms with van der Waals surface area (Å²) in [4.78, 5) is 1.37. The fraction of sp³-hybridized carbons (Fsp3) is 0.600. The highest BCUT2D eigenvalue weighted by Crippen LogP contribution is 2.19. The third kappa shape index (κ3) is 4.63. The second-order valence-electron chi connectivity index (χ2n) is 4.78. The number of rotatable bonds is 6. The van der Waals surface area contributed by atoms with Crippen molar-refractivity contribution in [3.8, 4) is 0 Å². The summed E-state index contributed by atoms with van der Waals surface area (Å²) in [5, 5.41) is 3.78. The molecule has 1 heterocycles. The predicted molar refractivity (Wildman–Crippen MR) is 78.2 cm³/mol. The number of nitrogens with one attached hydrogen (secondary N) is 1. The largest absolute Gasteiger partial charge is 0.381 e. The van der Waals surface area contributed by atoms with E-state index in [0.717, 1.165) is 31.8 Å². The zero-order valence-corrected chi connectivity index (χ0v) is 11.9. The third-order valence-electron chi connectivity index (χ3n) is 3.38. The Morgan fingerprint density at radius 3 is 2.67 bits per heavy atom. The summed E-state index contributed by atoms with van der Waals surface area (Å²) in [7, 11) is 0. The first kappa shape index (κ1) is 13.9. The molecule has 3 heteroatoms. The molecule has 0 aliphatic carbocycles. The van der Waals surface area contributed by atoms with E-state index in [4.69, 9.17) is 4.74 Å². The Kier molecular flexibility index (Phi) is 6.05. The SMILES string of the molecule is CCC(CSc1ccccc1)NC1CCOCC1. The third-order valence-corrected chi connectivity index (χ3v) is 4.55. The van der Waals surface area contributed by atoms with Crippen LogP contribution in [-0.4, -0.2) is 31.1 Å². The molecule has 1 aliphatic rings. The molecular formula is C15H23NOS. The van der Waals surface area contributed by atoms with Crippen LogP contribution in [0.5, 0.6) is 0 Å². The molecular weight excluding hydrogens is 242 g/mol. The van der Waals surface area contributed by atoms with Crippen LogP contribution in [0.2, 0.25) is 0 Å². The Balaban J connectivity index is 1.74. The summed E-state index contributed by atoms with van der Waals surface area (Å²) in [5.41, 5.74) is 0. The molecule has 1 N–H and O–H groups in total. The normalized spacial score (nSPS) is 18.7. The first-order valence-corrected chi connectivity index (χ1v) is 7.88. The summed E-state index contributed by atoms with van der Waals surface area (Å²) < 4.78 is 5.40. The van der Waals surface area contributed by atoms with Crippen LogP contribution in [-0.2, 0) is 4.74 Å². The van der Waals surface area contributed by atoms with Gasteiger partial charge in [0.1, 0.15) is 0 Å². The average molecular weight is 265 g/mol. The zero-order valence-electron chi connectivity index (χ0n) is 11.1.